The van der Waals surface area contributed by atoms with Crippen LogP contribution in [-0.4, -0.2) is 19.9 Å². The van der Waals surface area contributed by atoms with Crippen molar-refractivity contribution in [2.24, 2.45) is 0 Å². The number of halogens is 1. The van der Waals surface area contributed by atoms with Crippen molar-refractivity contribution in [3.63, 3.8) is 0 Å². The minimum absolute atomic E-state index is 0.953. The minimum atomic E-state index is 0.953. The lowest BCUT2D eigenvalue weighted by atomic mass is 10.2. The maximum Gasteiger partial charge on any atom is 0.0658 e. The molecule has 122 valence electrons. The summed E-state index contributed by atoms with van der Waals surface area (Å²) in [6.07, 6.45) is 6.04. The van der Waals surface area contributed by atoms with E-state index in [9.17, 15) is 0 Å². The third-order valence-electron chi connectivity index (χ3n) is 4.40. The van der Waals surface area contributed by atoms with E-state index >= 15 is 0 Å². The standard InChI is InChI=1S/C20H15IN4/c21-19-10-18-9-16-4-3-14(23-16)7-12-1-2-13(22-12)8-15-5-6-17(24-15)11-20(19)25-18/h1-2,5-11,22,25H,3-4H2. The topological polar surface area (TPSA) is 57.4 Å². The highest BCUT2D eigenvalue weighted by Gasteiger charge is 2.07. The van der Waals surface area contributed by atoms with Crippen LogP contribution < -0.4 is 0 Å². The van der Waals surface area contributed by atoms with Crippen molar-refractivity contribution < 1.29 is 0 Å². The molecule has 2 aliphatic rings. The predicted octanol–water partition coefficient (Wildman–Crippen LogP) is 4.88. The van der Waals surface area contributed by atoms with Crippen LogP contribution in [0.1, 0.15) is 22.8 Å². The van der Waals surface area contributed by atoms with Crippen LogP contribution in [0.3, 0.4) is 0 Å². The summed E-state index contributed by atoms with van der Waals surface area (Å²) in [5.41, 5.74) is 8.44. The van der Waals surface area contributed by atoms with Crippen LogP contribution in [0.15, 0.2) is 42.5 Å². The first kappa shape index (κ1) is 14.9. The number of aromatic amines is 2. The highest BCUT2D eigenvalue weighted by Crippen LogP contribution is 2.20. The van der Waals surface area contributed by atoms with Crippen LogP contribution in [0.25, 0.3) is 34.2 Å². The summed E-state index contributed by atoms with van der Waals surface area (Å²) in [4.78, 5) is 16.3. The Bertz CT molecular complexity index is 1170. The molecule has 8 bridgehead atoms. The molecule has 2 aliphatic heterocycles. The van der Waals surface area contributed by atoms with Crippen molar-refractivity contribution in [3.05, 3.63) is 68.8 Å². The fourth-order valence-corrected chi connectivity index (χ4v) is 3.85. The van der Waals surface area contributed by atoms with Gasteiger partial charge in [-0.15, -0.1) is 0 Å². The molecule has 5 rings (SSSR count). The van der Waals surface area contributed by atoms with Crippen molar-refractivity contribution in [1.29, 1.82) is 0 Å². The summed E-state index contributed by atoms with van der Waals surface area (Å²) in [7, 11) is 0. The molecule has 0 spiro atoms. The summed E-state index contributed by atoms with van der Waals surface area (Å²) in [6, 6.07) is 14.7. The molecule has 0 saturated carbocycles. The fourth-order valence-electron chi connectivity index (χ4n) is 3.23. The number of hydrogen-bond donors (Lipinski definition) is 2. The fraction of sp³-hybridized carbons (Fsp3) is 0.100. The van der Waals surface area contributed by atoms with Gasteiger partial charge in [0, 0.05) is 31.5 Å². The van der Waals surface area contributed by atoms with E-state index in [0.717, 1.165) is 57.7 Å². The zero-order chi connectivity index (χ0) is 16.8. The summed E-state index contributed by atoms with van der Waals surface area (Å²) < 4.78 is 1.18. The van der Waals surface area contributed by atoms with Crippen molar-refractivity contribution in [2.45, 2.75) is 12.8 Å². The Kier molecular flexibility index (Phi) is 3.48. The molecular weight excluding hydrogens is 423 g/mol. The largest absolute Gasteiger partial charge is 0.355 e. The van der Waals surface area contributed by atoms with E-state index in [0.29, 0.717) is 0 Å². The van der Waals surface area contributed by atoms with Gasteiger partial charge in [-0.2, -0.15) is 0 Å². The summed E-state index contributed by atoms with van der Waals surface area (Å²) in [5.74, 6) is 0. The highest BCUT2D eigenvalue weighted by atomic mass is 127. The van der Waals surface area contributed by atoms with Gasteiger partial charge in [0.15, 0.2) is 0 Å². The Balaban J connectivity index is 1.85. The Morgan fingerprint density at radius 2 is 1.40 bits per heavy atom. The van der Waals surface area contributed by atoms with E-state index in [4.69, 9.17) is 4.98 Å². The number of aromatic nitrogens is 4. The first-order valence-corrected chi connectivity index (χ1v) is 9.33. The third kappa shape index (κ3) is 3.00. The molecule has 2 N–H and O–H groups in total. The molecule has 0 radical (unpaired) electrons. The van der Waals surface area contributed by atoms with Crippen LogP contribution in [0.2, 0.25) is 0 Å². The zero-order valence-electron chi connectivity index (χ0n) is 13.4. The van der Waals surface area contributed by atoms with Crippen molar-refractivity contribution in [2.75, 3.05) is 0 Å². The number of rotatable bonds is 0. The van der Waals surface area contributed by atoms with Gasteiger partial charge in [0.05, 0.1) is 16.9 Å². The minimum Gasteiger partial charge on any atom is -0.355 e. The monoisotopic (exact) mass is 438 g/mol. The SMILES string of the molecule is Ic1cc2cc3nc(cc4ccc(cc5nc(cc1[nH]2)C=C5)[nH]4)CC3. The number of aryl methyl sites for hydroxylation is 2. The van der Waals surface area contributed by atoms with E-state index in [1.165, 1.54) is 3.57 Å². The van der Waals surface area contributed by atoms with Gasteiger partial charge in [0.25, 0.3) is 0 Å². The molecule has 25 heavy (non-hydrogen) atoms. The van der Waals surface area contributed by atoms with E-state index < -0.39 is 0 Å². The highest BCUT2D eigenvalue weighted by molar-refractivity contribution is 14.1. The summed E-state index contributed by atoms with van der Waals surface area (Å²) >= 11 is 2.36. The van der Waals surface area contributed by atoms with Crippen LogP contribution in [0, 0.1) is 3.57 Å². The summed E-state index contributed by atoms with van der Waals surface area (Å²) in [6.45, 7) is 0. The first-order chi connectivity index (χ1) is 12.2. The third-order valence-corrected chi connectivity index (χ3v) is 5.29. The molecule has 0 aliphatic carbocycles. The Morgan fingerprint density at radius 1 is 0.720 bits per heavy atom. The Morgan fingerprint density at radius 3 is 2.20 bits per heavy atom. The molecule has 0 saturated heterocycles. The number of fused-ring (bicyclic) bond motifs is 8. The number of nitrogens with one attached hydrogen (secondary N) is 2. The lowest BCUT2D eigenvalue weighted by Crippen LogP contribution is -1.77. The van der Waals surface area contributed by atoms with Gasteiger partial charge < -0.3 is 9.97 Å². The number of hydrogen-bond acceptors (Lipinski definition) is 2. The molecule has 5 heteroatoms. The quantitative estimate of drug-likeness (QED) is 0.385. The molecule has 0 aromatic carbocycles. The predicted molar refractivity (Wildman–Crippen MR) is 110 cm³/mol. The van der Waals surface area contributed by atoms with Gasteiger partial charge in [-0.25, -0.2) is 4.98 Å². The molecule has 5 heterocycles. The molecule has 3 aromatic rings. The molecular formula is C20H15IN4. The van der Waals surface area contributed by atoms with Crippen LogP contribution in [0.5, 0.6) is 0 Å². The second kappa shape index (κ2) is 5.84. The van der Waals surface area contributed by atoms with Crippen molar-refractivity contribution in [1.82, 2.24) is 19.9 Å². The van der Waals surface area contributed by atoms with E-state index in [1.807, 2.05) is 12.2 Å². The molecule has 0 unspecified atom stereocenters. The van der Waals surface area contributed by atoms with E-state index in [-0.39, 0.29) is 0 Å². The van der Waals surface area contributed by atoms with Gasteiger partial charge >= 0.3 is 0 Å². The van der Waals surface area contributed by atoms with E-state index in [1.54, 1.807) is 0 Å². The lowest BCUT2D eigenvalue weighted by molar-refractivity contribution is 1.03. The maximum atomic E-state index is 4.77. The average Bonchev–Trinajstić information content (AvgIpc) is 3.33. The van der Waals surface area contributed by atoms with Crippen LogP contribution in [-0.2, 0) is 12.8 Å². The van der Waals surface area contributed by atoms with Crippen LogP contribution in [0.4, 0.5) is 0 Å². The molecule has 0 amide bonds. The second-order valence-electron chi connectivity index (χ2n) is 6.32. The lowest BCUT2D eigenvalue weighted by Gasteiger charge is -1.86. The van der Waals surface area contributed by atoms with Gasteiger partial charge in [0.2, 0.25) is 0 Å². The smallest absolute Gasteiger partial charge is 0.0658 e. The average molecular weight is 438 g/mol. The van der Waals surface area contributed by atoms with E-state index in [2.05, 4.69) is 80.0 Å². The molecule has 3 aromatic heterocycles. The normalized spacial score (nSPS) is 13.3. The Labute approximate surface area is 158 Å². The summed E-state index contributed by atoms with van der Waals surface area (Å²) in [5, 5.41) is 0. The number of nitrogens with zero attached hydrogens (tertiary/aromatic N) is 2. The number of H-pyrrole nitrogens is 2. The van der Waals surface area contributed by atoms with Crippen LogP contribution >= 0.6 is 22.6 Å². The van der Waals surface area contributed by atoms with Crippen molar-refractivity contribution >= 4 is 56.8 Å². The maximum absolute atomic E-state index is 4.77. The molecule has 4 nitrogen and oxygen atoms in total. The van der Waals surface area contributed by atoms with Crippen molar-refractivity contribution in [3.8, 4) is 0 Å². The molecule has 0 fully saturated rings. The van der Waals surface area contributed by atoms with Gasteiger partial charge in [-0.1, -0.05) is 0 Å². The van der Waals surface area contributed by atoms with Gasteiger partial charge in [-0.05, 0) is 90.0 Å². The zero-order valence-corrected chi connectivity index (χ0v) is 15.5. The Hall–Kier alpha value is -2.41. The van der Waals surface area contributed by atoms with Gasteiger partial charge in [0.1, 0.15) is 0 Å². The molecule has 0 atom stereocenters. The van der Waals surface area contributed by atoms with Gasteiger partial charge in [-0.3, -0.25) is 4.98 Å². The first-order valence-electron chi connectivity index (χ1n) is 8.25. The second-order valence-corrected chi connectivity index (χ2v) is 7.48.